The van der Waals surface area contributed by atoms with Crippen LogP contribution >= 0.6 is 11.3 Å². The number of hydrogen-bond donors (Lipinski definition) is 1. The summed E-state index contributed by atoms with van der Waals surface area (Å²) in [6.45, 7) is 1.96. The van der Waals surface area contributed by atoms with Crippen LogP contribution in [0.3, 0.4) is 0 Å². The summed E-state index contributed by atoms with van der Waals surface area (Å²) >= 11 is 1.56. The highest BCUT2D eigenvalue weighted by atomic mass is 32.1. The summed E-state index contributed by atoms with van der Waals surface area (Å²) in [6, 6.07) is 6.67. The van der Waals surface area contributed by atoms with Crippen LogP contribution in [0.1, 0.15) is 18.0 Å². The van der Waals surface area contributed by atoms with Gasteiger partial charge in [0, 0.05) is 11.6 Å². The number of nitrogens with one attached hydrogen (secondary N) is 1. The molecule has 2 aromatic rings. The number of para-hydroxylation sites is 1. The van der Waals surface area contributed by atoms with Crippen LogP contribution in [0.15, 0.2) is 35.8 Å². The van der Waals surface area contributed by atoms with E-state index in [4.69, 9.17) is 0 Å². The monoisotopic (exact) mass is 222 g/mol. The fourth-order valence-electron chi connectivity index (χ4n) is 1.32. The van der Waals surface area contributed by atoms with Crippen LogP contribution in [-0.2, 0) is 0 Å². The van der Waals surface area contributed by atoms with Crippen LogP contribution < -0.4 is 5.32 Å². The van der Waals surface area contributed by atoms with Crippen molar-refractivity contribution in [2.45, 2.75) is 13.0 Å². The molecule has 1 aromatic heterocycles. The predicted molar refractivity (Wildman–Crippen MR) is 60.6 cm³/mol. The van der Waals surface area contributed by atoms with Crippen molar-refractivity contribution in [3.05, 3.63) is 46.7 Å². The van der Waals surface area contributed by atoms with Crippen molar-refractivity contribution in [1.82, 2.24) is 4.98 Å². The molecule has 0 saturated carbocycles. The van der Waals surface area contributed by atoms with Crippen molar-refractivity contribution >= 4 is 17.0 Å². The zero-order chi connectivity index (χ0) is 10.7. The van der Waals surface area contributed by atoms with Gasteiger partial charge in [-0.2, -0.15) is 0 Å². The van der Waals surface area contributed by atoms with Crippen molar-refractivity contribution in [3.8, 4) is 0 Å². The predicted octanol–water partition coefficient (Wildman–Crippen LogP) is 3.46. The number of halogens is 1. The Labute approximate surface area is 91.8 Å². The fraction of sp³-hybridized carbons (Fsp3) is 0.182. The first kappa shape index (κ1) is 10.1. The lowest BCUT2D eigenvalue weighted by molar-refractivity contribution is 0.627. The van der Waals surface area contributed by atoms with Crippen LogP contribution in [0, 0.1) is 5.82 Å². The Hall–Kier alpha value is -1.42. The topological polar surface area (TPSA) is 24.9 Å². The van der Waals surface area contributed by atoms with Gasteiger partial charge in [-0.05, 0) is 19.1 Å². The molecule has 0 radical (unpaired) electrons. The number of hydrogen-bond acceptors (Lipinski definition) is 3. The van der Waals surface area contributed by atoms with Crippen molar-refractivity contribution in [2.24, 2.45) is 0 Å². The van der Waals surface area contributed by atoms with Gasteiger partial charge in [-0.15, -0.1) is 11.3 Å². The Kier molecular flexibility index (Phi) is 2.97. The standard InChI is InChI=1S/C11H11FN2S/c1-8(11-13-6-7-15-11)14-10-5-3-2-4-9(10)12/h2-8,14H,1H3/t8-/m1/s1. The number of rotatable bonds is 3. The second-order valence-electron chi connectivity index (χ2n) is 3.22. The largest absolute Gasteiger partial charge is 0.374 e. The minimum absolute atomic E-state index is 0.0295. The van der Waals surface area contributed by atoms with Crippen molar-refractivity contribution < 1.29 is 4.39 Å². The molecule has 78 valence electrons. The molecule has 0 aliphatic carbocycles. The summed E-state index contributed by atoms with van der Waals surface area (Å²) in [7, 11) is 0. The summed E-state index contributed by atoms with van der Waals surface area (Å²) in [5.74, 6) is -0.235. The zero-order valence-corrected chi connectivity index (χ0v) is 9.09. The average Bonchev–Trinajstić information content (AvgIpc) is 2.74. The lowest BCUT2D eigenvalue weighted by Crippen LogP contribution is -2.07. The molecule has 1 heterocycles. The zero-order valence-electron chi connectivity index (χ0n) is 8.27. The van der Waals surface area contributed by atoms with Crippen molar-refractivity contribution in [2.75, 3.05) is 5.32 Å². The highest BCUT2D eigenvalue weighted by Gasteiger charge is 2.09. The molecule has 0 aliphatic heterocycles. The van der Waals surface area contributed by atoms with Gasteiger partial charge in [-0.25, -0.2) is 9.37 Å². The molecule has 0 bridgehead atoms. The van der Waals surface area contributed by atoms with Crippen LogP contribution in [0.5, 0.6) is 0 Å². The number of thiazole rings is 1. The molecule has 2 nitrogen and oxygen atoms in total. The maximum atomic E-state index is 13.3. The third-order valence-corrected chi connectivity index (χ3v) is 3.03. The van der Waals surface area contributed by atoms with Gasteiger partial charge < -0.3 is 5.32 Å². The van der Waals surface area contributed by atoms with E-state index < -0.39 is 0 Å². The summed E-state index contributed by atoms with van der Waals surface area (Å²) in [4.78, 5) is 4.18. The van der Waals surface area contributed by atoms with Crippen LogP contribution in [0.25, 0.3) is 0 Å². The minimum Gasteiger partial charge on any atom is -0.374 e. The third-order valence-electron chi connectivity index (χ3n) is 2.07. The minimum atomic E-state index is -0.235. The van der Waals surface area contributed by atoms with E-state index in [2.05, 4.69) is 10.3 Å². The summed E-state index contributed by atoms with van der Waals surface area (Å²) < 4.78 is 13.3. The first-order valence-electron chi connectivity index (χ1n) is 4.68. The van der Waals surface area contributed by atoms with Gasteiger partial charge >= 0.3 is 0 Å². The Balaban J connectivity index is 2.13. The molecule has 15 heavy (non-hydrogen) atoms. The first-order valence-corrected chi connectivity index (χ1v) is 5.56. The third kappa shape index (κ3) is 2.33. The Bertz CT molecular complexity index is 428. The van der Waals surface area contributed by atoms with E-state index in [9.17, 15) is 4.39 Å². The number of benzene rings is 1. The van der Waals surface area contributed by atoms with Gasteiger partial charge in [-0.1, -0.05) is 12.1 Å². The normalized spacial score (nSPS) is 12.4. The summed E-state index contributed by atoms with van der Waals surface area (Å²) in [5, 5.41) is 5.95. The molecule has 1 atom stereocenters. The molecule has 0 unspecified atom stereocenters. The van der Waals surface area contributed by atoms with E-state index in [1.54, 1.807) is 35.7 Å². The average molecular weight is 222 g/mol. The number of aromatic nitrogens is 1. The van der Waals surface area contributed by atoms with Crippen molar-refractivity contribution in [3.63, 3.8) is 0 Å². The Morgan fingerprint density at radius 2 is 2.20 bits per heavy atom. The highest BCUT2D eigenvalue weighted by molar-refractivity contribution is 7.09. The fourth-order valence-corrected chi connectivity index (χ4v) is 1.97. The SMILES string of the molecule is C[C@@H](Nc1ccccc1F)c1nccs1. The Morgan fingerprint density at radius 3 is 2.87 bits per heavy atom. The van der Waals surface area contributed by atoms with Crippen LogP contribution in [0.2, 0.25) is 0 Å². The van der Waals surface area contributed by atoms with E-state index in [1.807, 2.05) is 12.3 Å². The van der Waals surface area contributed by atoms with Crippen LogP contribution in [0.4, 0.5) is 10.1 Å². The van der Waals surface area contributed by atoms with Gasteiger partial charge in [0.25, 0.3) is 0 Å². The quantitative estimate of drug-likeness (QED) is 0.860. The van der Waals surface area contributed by atoms with E-state index in [1.165, 1.54) is 6.07 Å². The molecule has 4 heteroatoms. The second-order valence-corrected chi connectivity index (χ2v) is 4.14. The van der Waals surface area contributed by atoms with E-state index in [0.29, 0.717) is 5.69 Å². The number of anilines is 1. The van der Waals surface area contributed by atoms with Gasteiger partial charge in [0.1, 0.15) is 10.8 Å². The summed E-state index contributed by atoms with van der Waals surface area (Å²) in [6.07, 6.45) is 1.75. The molecule has 0 saturated heterocycles. The lowest BCUT2D eigenvalue weighted by Gasteiger charge is -2.12. The molecule has 1 N–H and O–H groups in total. The Morgan fingerprint density at radius 1 is 1.40 bits per heavy atom. The maximum absolute atomic E-state index is 13.3. The van der Waals surface area contributed by atoms with Gasteiger partial charge in [0.05, 0.1) is 11.7 Å². The molecule has 2 rings (SSSR count). The second kappa shape index (κ2) is 4.40. The molecular formula is C11H11FN2S. The first-order chi connectivity index (χ1) is 7.27. The summed E-state index contributed by atoms with van der Waals surface area (Å²) in [5.41, 5.74) is 0.514. The van der Waals surface area contributed by atoms with E-state index in [-0.39, 0.29) is 11.9 Å². The molecule has 0 amide bonds. The van der Waals surface area contributed by atoms with Gasteiger partial charge in [0.2, 0.25) is 0 Å². The number of nitrogens with zero attached hydrogens (tertiary/aromatic N) is 1. The van der Waals surface area contributed by atoms with Gasteiger partial charge in [-0.3, -0.25) is 0 Å². The highest BCUT2D eigenvalue weighted by Crippen LogP contribution is 2.22. The molecule has 0 aliphatic rings. The molecule has 1 aromatic carbocycles. The van der Waals surface area contributed by atoms with Crippen molar-refractivity contribution in [1.29, 1.82) is 0 Å². The molecule has 0 fully saturated rings. The van der Waals surface area contributed by atoms with Gasteiger partial charge in [0.15, 0.2) is 0 Å². The van der Waals surface area contributed by atoms with Crippen LogP contribution in [-0.4, -0.2) is 4.98 Å². The van der Waals surface area contributed by atoms with E-state index in [0.717, 1.165) is 5.01 Å². The van der Waals surface area contributed by atoms with E-state index >= 15 is 0 Å². The molecule has 0 spiro atoms. The smallest absolute Gasteiger partial charge is 0.146 e. The maximum Gasteiger partial charge on any atom is 0.146 e. The lowest BCUT2D eigenvalue weighted by atomic mass is 10.2. The molecular weight excluding hydrogens is 211 g/mol.